The molecule has 60 valence electrons. The zero-order valence-electron chi connectivity index (χ0n) is 6.71. The van der Waals surface area contributed by atoms with E-state index in [-0.39, 0.29) is 33.5 Å². The molecule has 12 heavy (non-hydrogen) atoms. The Bertz CT molecular complexity index is 258. The number of hydrogen-bond acceptors (Lipinski definition) is 2. The fourth-order valence-electron chi connectivity index (χ4n) is 0.669. The molecule has 0 atom stereocenters. The third kappa shape index (κ3) is 3.81. The summed E-state index contributed by atoms with van der Waals surface area (Å²) < 4.78 is 16.9. The van der Waals surface area contributed by atoms with E-state index in [9.17, 15) is 9.18 Å². The average Bonchev–Trinajstić information content (AvgIpc) is 1.93. The van der Waals surface area contributed by atoms with Crippen LogP contribution < -0.4 is 4.74 Å². The molecule has 0 unspecified atom stereocenters. The minimum atomic E-state index is -0.406. The van der Waals surface area contributed by atoms with Gasteiger partial charge in [-0.1, -0.05) is 0 Å². The Hall–Kier alpha value is -0.445. The summed E-state index contributed by atoms with van der Waals surface area (Å²) in [5.74, 6) is -0.392. The predicted octanol–water partition coefficient (Wildman–Crippen LogP) is 1.75. The van der Waals surface area contributed by atoms with Crippen molar-refractivity contribution in [1.29, 1.82) is 0 Å². The molecule has 4 heteroatoms. The molecule has 1 aromatic carbocycles. The van der Waals surface area contributed by atoms with Crippen LogP contribution in [0, 0.1) is 5.82 Å². The van der Waals surface area contributed by atoms with Crippen LogP contribution in [0.4, 0.5) is 4.39 Å². The van der Waals surface area contributed by atoms with E-state index in [1.807, 2.05) is 0 Å². The van der Waals surface area contributed by atoms with Crippen LogP contribution in [0.5, 0.6) is 5.75 Å². The van der Waals surface area contributed by atoms with E-state index in [0.29, 0.717) is 5.75 Å². The van der Waals surface area contributed by atoms with Crippen molar-refractivity contribution >= 4 is 5.97 Å². The van der Waals surface area contributed by atoms with E-state index >= 15 is 0 Å². The topological polar surface area (TPSA) is 26.3 Å². The largest absolute Gasteiger partial charge is 0.427 e. The number of carbonyl (C=O) groups excluding carboxylic acids is 1. The van der Waals surface area contributed by atoms with Gasteiger partial charge in [0.25, 0.3) is 0 Å². The van der Waals surface area contributed by atoms with Gasteiger partial charge in [-0.2, -0.15) is 0 Å². The molecule has 0 aliphatic carbocycles. The summed E-state index contributed by atoms with van der Waals surface area (Å²) in [5.41, 5.74) is 0. The molecule has 0 aliphatic rings. The summed E-state index contributed by atoms with van der Waals surface area (Å²) in [6, 6.07) is 5.27. The van der Waals surface area contributed by atoms with E-state index < -0.39 is 5.97 Å². The monoisotopic (exact) mass is 356 g/mol. The number of ether oxygens (including phenoxy) is 1. The first-order chi connectivity index (χ1) is 5.18. The maximum Gasteiger partial charge on any atom is 0.308 e. The van der Waals surface area contributed by atoms with Gasteiger partial charge in [-0.05, 0) is 24.3 Å². The Morgan fingerprint density at radius 3 is 2.25 bits per heavy atom. The van der Waals surface area contributed by atoms with Crippen LogP contribution in [0.2, 0.25) is 0 Å². The molecule has 0 N–H and O–H groups in total. The van der Waals surface area contributed by atoms with Gasteiger partial charge in [-0.3, -0.25) is 4.79 Å². The molecule has 0 fully saturated rings. The summed E-state index contributed by atoms with van der Waals surface area (Å²) in [5, 5.41) is 0. The van der Waals surface area contributed by atoms with Crippen molar-refractivity contribution < 1.29 is 41.6 Å². The summed E-state index contributed by atoms with van der Waals surface area (Å²) >= 11 is 0. The Morgan fingerprint density at radius 1 is 1.33 bits per heavy atom. The Kier molecular flexibility index (Phi) is 5.05. The van der Waals surface area contributed by atoms with Gasteiger partial charge in [-0.25, -0.2) is 4.39 Å². The molecule has 0 saturated carbocycles. The molecule has 0 amide bonds. The zero-order chi connectivity index (χ0) is 8.27. The first-order valence-electron chi connectivity index (χ1n) is 3.12. The first-order valence-corrected chi connectivity index (χ1v) is 3.12. The van der Waals surface area contributed by atoms with E-state index in [2.05, 4.69) is 4.74 Å². The third-order valence-corrected chi connectivity index (χ3v) is 1.08. The fourth-order valence-corrected chi connectivity index (χ4v) is 0.669. The van der Waals surface area contributed by atoms with Crippen LogP contribution in [-0.2, 0) is 32.5 Å². The zero-order valence-corrected chi connectivity index (χ0v) is 12.2. The van der Waals surface area contributed by atoms with Gasteiger partial charge in [0, 0.05) is 34.6 Å². The van der Waals surface area contributed by atoms with Crippen molar-refractivity contribution in [2.45, 2.75) is 6.92 Å². The van der Waals surface area contributed by atoms with Gasteiger partial charge in [0.2, 0.25) is 0 Å². The number of esters is 1. The van der Waals surface area contributed by atoms with Gasteiger partial charge >= 0.3 is 5.97 Å². The number of rotatable bonds is 1. The standard InChI is InChI=1S/C8H7FO2.Hg/c1-6(10)11-8-4-2-7(9)3-5-8;/h2-5H,1H3;. The Morgan fingerprint density at radius 2 is 1.83 bits per heavy atom. The van der Waals surface area contributed by atoms with E-state index in [1.165, 1.54) is 31.2 Å². The number of halogens is 1. The second kappa shape index (κ2) is 5.24. The third-order valence-electron chi connectivity index (χ3n) is 1.08. The second-order valence-corrected chi connectivity index (χ2v) is 2.05. The van der Waals surface area contributed by atoms with Crippen LogP contribution in [0.3, 0.4) is 0 Å². The normalized spacial score (nSPS) is 8.50. The van der Waals surface area contributed by atoms with Gasteiger partial charge in [0.15, 0.2) is 0 Å². The molecular weight excluding hydrogens is 348 g/mol. The molecule has 0 spiro atoms. The van der Waals surface area contributed by atoms with Crippen LogP contribution >= 0.6 is 0 Å². The summed E-state index contributed by atoms with van der Waals surface area (Å²) in [4.78, 5) is 10.4. The molecule has 0 heterocycles. The van der Waals surface area contributed by atoms with E-state index in [4.69, 9.17) is 0 Å². The molecule has 0 aliphatic heterocycles. The van der Waals surface area contributed by atoms with Crippen LogP contribution in [0.25, 0.3) is 0 Å². The van der Waals surface area contributed by atoms with Crippen LogP contribution in [0.1, 0.15) is 6.92 Å². The Balaban J connectivity index is 0.00000121. The van der Waals surface area contributed by atoms with Crippen LogP contribution in [0.15, 0.2) is 24.3 Å². The van der Waals surface area contributed by atoms with Gasteiger partial charge < -0.3 is 4.74 Å². The number of benzene rings is 1. The van der Waals surface area contributed by atoms with Crippen LogP contribution in [-0.4, -0.2) is 5.97 Å². The summed E-state index contributed by atoms with van der Waals surface area (Å²) in [7, 11) is 0. The summed E-state index contributed by atoms with van der Waals surface area (Å²) in [6.07, 6.45) is 0. The minimum Gasteiger partial charge on any atom is -0.427 e. The van der Waals surface area contributed by atoms with Crippen molar-refractivity contribution in [1.82, 2.24) is 0 Å². The summed E-state index contributed by atoms with van der Waals surface area (Å²) in [6.45, 7) is 1.29. The number of hydrogen-bond donors (Lipinski definition) is 0. The second-order valence-electron chi connectivity index (χ2n) is 2.05. The van der Waals surface area contributed by atoms with Crippen molar-refractivity contribution in [3.8, 4) is 5.75 Å². The predicted molar refractivity (Wildman–Crippen MR) is 37.7 cm³/mol. The van der Waals surface area contributed by atoms with Crippen molar-refractivity contribution in [3.63, 3.8) is 0 Å². The van der Waals surface area contributed by atoms with Gasteiger partial charge in [-0.15, -0.1) is 0 Å². The molecular formula is C8H7FHgO2. The first kappa shape index (κ1) is 11.6. The van der Waals surface area contributed by atoms with Crippen molar-refractivity contribution in [3.05, 3.63) is 30.1 Å². The van der Waals surface area contributed by atoms with E-state index in [1.54, 1.807) is 0 Å². The average molecular weight is 355 g/mol. The van der Waals surface area contributed by atoms with Crippen molar-refractivity contribution in [2.24, 2.45) is 0 Å². The maximum absolute atomic E-state index is 12.3. The fraction of sp³-hybridized carbons (Fsp3) is 0.125. The van der Waals surface area contributed by atoms with E-state index in [0.717, 1.165) is 0 Å². The molecule has 0 aromatic heterocycles. The molecule has 1 rings (SSSR count). The molecule has 0 saturated heterocycles. The molecule has 0 bridgehead atoms. The molecule has 2 nitrogen and oxygen atoms in total. The molecule has 0 radical (unpaired) electrons. The van der Waals surface area contributed by atoms with Gasteiger partial charge in [0.1, 0.15) is 11.6 Å². The quantitative estimate of drug-likeness (QED) is 0.436. The smallest absolute Gasteiger partial charge is 0.308 e. The van der Waals surface area contributed by atoms with Gasteiger partial charge in [0.05, 0.1) is 0 Å². The van der Waals surface area contributed by atoms with Crippen molar-refractivity contribution in [2.75, 3.05) is 0 Å². The maximum atomic E-state index is 12.3. The Labute approximate surface area is 90.2 Å². The minimum absolute atomic E-state index is 0. The molecule has 1 aromatic rings. The number of carbonyl (C=O) groups is 1. The SMILES string of the molecule is CC(=O)Oc1ccc(F)cc1.[Hg].